The van der Waals surface area contributed by atoms with Crippen molar-refractivity contribution in [3.05, 3.63) is 24.3 Å². The van der Waals surface area contributed by atoms with E-state index >= 15 is 0 Å². The molecule has 0 aliphatic rings. The maximum Gasteiger partial charge on any atom is 0.298 e. The van der Waals surface area contributed by atoms with Gasteiger partial charge in [0, 0.05) is 18.7 Å². The summed E-state index contributed by atoms with van der Waals surface area (Å²) in [5, 5.41) is 2.57. The molecule has 0 unspecified atom stereocenters. The van der Waals surface area contributed by atoms with Gasteiger partial charge in [0.05, 0.1) is 0 Å². The summed E-state index contributed by atoms with van der Waals surface area (Å²) in [6.07, 6.45) is 0. The molecule has 4 nitrogen and oxygen atoms in total. The minimum atomic E-state index is -0.164. The fourth-order valence-corrected chi connectivity index (χ4v) is 0.906. The summed E-state index contributed by atoms with van der Waals surface area (Å²) in [5.74, 6) is 0.240. The monoisotopic (exact) mass is 179 g/mol. The molecule has 0 aromatic heterocycles. The van der Waals surface area contributed by atoms with Gasteiger partial charge in [-0.1, -0.05) is 6.07 Å². The van der Waals surface area contributed by atoms with E-state index in [1.807, 2.05) is 0 Å². The first-order chi connectivity index (χ1) is 6.22. The van der Waals surface area contributed by atoms with Crippen LogP contribution in [0.3, 0.4) is 0 Å². The molecule has 1 aromatic carbocycles. The van der Waals surface area contributed by atoms with Crippen LogP contribution in [-0.2, 0) is 9.59 Å². The molecule has 0 spiro atoms. The van der Waals surface area contributed by atoms with Crippen molar-refractivity contribution in [3.8, 4) is 5.75 Å². The van der Waals surface area contributed by atoms with Crippen molar-refractivity contribution < 1.29 is 14.3 Å². The third kappa shape index (κ3) is 2.94. The van der Waals surface area contributed by atoms with E-state index in [2.05, 4.69) is 10.1 Å². The molecular weight excluding hydrogens is 170 g/mol. The van der Waals surface area contributed by atoms with Gasteiger partial charge in [-0.15, -0.1) is 0 Å². The highest BCUT2D eigenvalue weighted by atomic mass is 16.5. The van der Waals surface area contributed by atoms with Crippen LogP contribution in [0, 0.1) is 0 Å². The second-order valence-electron chi connectivity index (χ2n) is 2.42. The summed E-state index contributed by atoms with van der Waals surface area (Å²) in [6, 6.07) is 6.58. The van der Waals surface area contributed by atoms with E-state index in [1.54, 1.807) is 24.3 Å². The quantitative estimate of drug-likeness (QED) is 0.709. The van der Waals surface area contributed by atoms with Gasteiger partial charge in [-0.3, -0.25) is 9.59 Å². The van der Waals surface area contributed by atoms with Crippen molar-refractivity contribution in [2.75, 3.05) is 5.32 Å². The van der Waals surface area contributed by atoms with Crippen LogP contribution < -0.4 is 10.1 Å². The number of carbonyl (C=O) groups is 2. The Morgan fingerprint density at radius 2 is 2.31 bits per heavy atom. The average Bonchev–Trinajstić information content (AvgIpc) is 2.04. The number of carbonyl (C=O) groups excluding carboxylic acids is 2. The number of ether oxygens (including phenoxy) is 1. The van der Waals surface area contributed by atoms with Crippen molar-refractivity contribution in [2.24, 2.45) is 0 Å². The molecule has 4 heteroatoms. The van der Waals surface area contributed by atoms with Gasteiger partial charge in [0.1, 0.15) is 5.75 Å². The number of anilines is 1. The molecule has 0 aliphatic carbocycles. The molecule has 0 saturated heterocycles. The lowest BCUT2D eigenvalue weighted by molar-refractivity contribution is -0.120. The van der Waals surface area contributed by atoms with Crippen molar-refractivity contribution in [2.45, 2.75) is 6.92 Å². The highest BCUT2D eigenvalue weighted by Crippen LogP contribution is 2.16. The molecule has 0 fully saturated rings. The Labute approximate surface area is 75.5 Å². The second kappa shape index (κ2) is 4.25. The number of hydrogen-bond donors (Lipinski definition) is 1. The molecule has 0 aliphatic heterocycles. The molecule has 68 valence electrons. The lowest BCUT2D eigenvalue weighted by Gasteiger charge is -2.02. The number of nitrogens with one attached hydrogen (secondary N) is 1. The Hall–Kier alpha value is -1.84. The Balaban J connectivity index is 2.78. The van der Waals surface area contributed by atoms with Gasteiger partial charge >= 0.3 is 0 Å². The maximum absolute atomic E-state index is 10.7. The third-order valence-corrected chi connectivity index (χ3v) is 1.34. The van der Waals surface area contributed by atoms with E-state index in [9.17, 15) is 9.59 Å². The van der Waals surface area contributed by atoms with Crippen LogP contribution in [0.2, 0.25) is 0 Å². The van der Waals surface area contributed by atoms with Crippen LogP contribution in [0.25, 0.3) is 0 Å². The fourth-order valence-electron chi connectivity index (χ4n) is 0.906. The molecule has 0 atom stereocenters. The van der Waals surface area contributed by atoms with Crippen molar-refractivity contribution >= 4 is 18.1 Å². The SMILES string of the molecule is CC(=O)Nc1cccc(OC=O)c1. The molecule has 0 heterocycles. The number of benzene rings is 1. The molecule has 13 heavy (non-hydrogen) atoms. The zero-order valence-corrected chi connectivity index (χ0v) is 7.11. The summed E-state index contributed by atoms with van der Waals surface area (Å²) in [7, 11) is 0. The van der Waals surface area contributed by atoms with Crippen LogP contribution in [0.1, 0.15) is 6.92 Å². The fraction of sp³-hybridized carbons (Fsp3) is 0.111. The summed E-state index contributed by atoms with van der Waals surface area (Å²) >= 11 is 0. The standard InChI is InChI=1S/C9H9NO3/c1-7(12)10-8-3-2-4-9(5-8)13-6-11/h2-6H,1H3,(H,10,12). The van der Waals surface area contributed by atoms with Crippen LogP contribution >= 0.6 is 0 Å². The first kappa shape index (κ1) is 9.25. The topological polar surface area (TPSA) is 55.4 Å². The predicted octanol–water partition coefficient (Wildman–Crippen LogP) is 1.18. The smallest absolute Gasteiger partial charge is 0.298 e. The van der Waals surface area contributed by atoms with Crippen LogP contribution in [0.15, 0.2) is 24.3 Å². The van der Waals surface area contributed by atoms with Crippen molar-refractivity contribution in [3.63, 3.8) is 0 Å². The molecule has 1 aromatic rings. The van der Waals surface area contributed by atoms with Gasteiger partial charge < -0.3 is 10.1 Å². The molecule has 0 radical (unpaired) electrons. The summed E-state index contributed by atoms with van der Waals surface area (Å²) in [5.41, 5.74) is 0.604. The minimum Gasteiger partial charge on any atom is -0.429 e. The largest absolute Gasteiger partial charge is 0.429 e. The molecule has 1 rings (SSSR count). The van der Waals surface area contributed by atoms with E-state index in [1.165, 1.54) is 6.92 Å². The maximum atomic E-state index is 10.7. The minimum absolute atomic E-state index is 0.164. The summed E-state index contributed by atoms with van der Waals surface area (Å²) < 4.78 is 4.60. The molecule has 1 N–H and O–H groups in total. The normalized spacial score (nSPS) is 9.00. The van der Waals surface area contributed by atoms with Crippen LogP contribution in [0.5, 0.6) is 5.75 Å². The Morgan fingerprint density at radius 1 is 1.54 bits per heavy atom. The lowest BCUT2D eigenvalue weighted by atomic mass is 10.3. The Kier molecular flexibility index (Phi) is 3.03. The van der Waals surface area contributed by atoms with E-state index in [-0.39, 0.29) is 5.91 Å². The first-order valence-electron chi connectivity index (χ1n) is 3.70. The number of rotatable bonds is 3. The highest BCUT2D eigenvalue weighted by molar-refractivity contribution is 5.88. The molecule has 0 bridgehead atoms. The van der Waals surface area contributed by atoms with E-state index in [0.717, 1.165) is 0 Å². The molecule has 0 saturated carbocycles. The molecule has 1 amide bonds. The van der Waals surface area contributed by atoms with Gasteiger partial charge in [-0.2, -0.15) is 0 Å². The van der Waals surface area contributed by atoms with E-state index in [0.29, 0.717) is 17.9 Å². The Bertz CT molecular complexity index is 322. The third-order valence-electron chi connectivity index (χ3n) is 1.34. The zero-order chi connectivity index (χ0) is 9.68. The van der Waals surface area contributed by atoms with Crippen molar-refractivity contribution in [1.29, 1.82) is 0 Å². The van der Waals surface area contributed by atoms with E-state index < -0.39 is 0 Å². The average molecular weight is 179 g/mol. The van der Waals surface area contributed by atoms with Gasteiger partial charge in [0.25, 0.3) is 6.47 Å². The van der Waals surface area contributed by atoms with Crippen LogP contribution in [-0.4, -0.2) is 12.4 Å². The summed E-state index contributed by atoms with van der Waals surface area (Å²) in [6.45, 7) is 1.75. The number of amides is 1. The summed E-state index contributed by atoms with van der Waals surface area (Å²) in [4.78, 5) is 20.7. The second-order valence-corrected chi connectivity index (χ2v) is 2.42. The predicted molar refractivity (Wildman–Crippen MR) is 47.4 cm³/mol. The van der Waals surface area contributed by atoms with Crippen LogP contribution in [0.4, 0.5) is 5.69 Å². The van der Waals surface area contributed by atoms with E-state index in [4.69, 9.17) is 0 Å². The zero-order valence-electron chi connectivity index (χ0n) is 7.11. The number of hydrogen-bond acceptors (Lipinski definition) is 3. The lowest BCUT2D eigenvalue weighted by Crippen LogP contribution is -2.05. The molecular formula is C9H9NO3. The Morgan fingerprint density at radius 3 is 2.92 bits per heavy atom. The van der Waals surface area contributed by atoms with Gasteiger partial charge in [0.2, 0.25) is 5.91 Å². The van der Waals surface area contributed by atoms with Gasteiger partial charge in [0.15, 0.2) is 0 Å². The van der Waals surface area contributed by atoms with Gasteiger partial charge in [-0.25, -0.2) is 0 Å². The first-order valence-corrected chi connectivity index (χ1v) is 3.70. The van der Waals surface area contributed by atoms with Crippen molar-refractivity contribution in [1.82, 2.24) is 0 Å². The highest BCUT2D eigenvalue weighted by Gasteiger charge is 1.97. The van der Waals surface area contributed by atoms with Gasteiger partial charge in [-0.05, 0) is 12.1 Å².